The van der Waals surface area contributed by atoms with Crippen molar-refractivity contribution >= 4 is 11.6 Å². The summed E-state index contributed by atoms with van der Waals surface area (Å²) in [5, 5.41) is 0. The lowest BCUT2D eigenvalue weighted by Crippen LogP contribution is -2.33. The molecule has 2 fully saturated rings. The first-order valence-electron chi connectivity index (χ1n) is 7.04. The van der Waals surface area contributed by atoms with Gasteiger partial charge in [-0.3, -0.25) is 0 Å². The van der Waals surface area contributed by atoms with Crippen molar-refractivity contribution in [2.24, 2.45) is 11.8 Å². The average molecular weight is 245 g/mol. The van der Waals surface area contributed by atoms with Crippen molar-refractivity contribution in [1.82, 2.24) is 0 Å². The Morgan fingerprint density at radius 1 is 1.06 bits per heavy atom. The van der Waals surface area contributed by atoms with Gasteiger partial charge in [0.05, 0.1) is 11.5 Å². The molecule has 94 valence electrons. The van der Waals surface area contributed by atoms with E-state index in [1.807, 2.05) is 0 Å². The van der Waals surface area contributed by atoms with Crippen LogP contribution in [0.25, 0.3) is 0 Å². The first-order valence-corrected chi connectivity index (χ1v) is 7.42. The normalized spacial score (nSPS) is 21.4. The van der Waals surface area contributed by atoms with Crippen molar-refractivity contribution in [3.05, 3.63) is 0 Å². The largest absolute Gasteiger partial charge is 0.380 e. The molecule has 0 aliphatic heterocycles. The topological polar surface area (TPSA) is 9.23 Å². The van der Waals surface area contributed by atoms with Crippen LogP contribution in [0, 0.1) is 11.8 Å². The molecule has 0 radical (unpaired) electrons. The Bertz CT molecular complexity index is 197. The molecule has 0 atom stereocenters. The zero-order valence-corrected chi connectivity index (χ0v) is 11.3. The van der Waals surface area contributed by atoms with Crippen molar-refractivity contribution in [3.8, 4) is 0 Å². The molecule has 2 saturated carbocycles. The van der Waals surface area contributed by atoms with Gasteiger partial charge in [0.15, 0.2) is 0 Å². The van der Waals surface area contributed by atoms with Crippen LogP contribution in [0.5, 0.6) is 0 Å². The van der Waals surface area contributed by atoms with E-state index >= 15 is 0 Å². The molecule has 0 N–H and O–H groups in total. The molecular formula is C14H25ClO. The molecule has 0 amide bonds. The van der Waals surface area contributed by atoms with Crippen LogP contribution in [-0.4, -0.2) is 18.1 Å². The van der Waals surface area contributed by atoms with E-state index in [-0.39, 0.29) is 4.87 Å². The minimum Gasteiger partial charge on any atom is -0.380 e. The number of hydrogen-bond acceptors (Lipinski definition) is 1. The van der Waals surface area contributed by atoms with Crippen LogP contribution in [0.15, 0.2) is 0 Å². The quantitative estimate of drug-likeness (QED) is 0.432. The lowest BCUT2D eigenvalue weighted by molar-refractivity contribution is 0.0922. The Morgan fingerprint density at radius 2 is 1.69 bits per heavy atom. The maximum atomic E-state index is 6.75. The molecule has 1 nitrogen and oxygen atoms in total. The van der Waals surface area contributed by atoms with Crippen LogP contribution >= 0.6 is 11.6 Å². The Hall–Kier alpha value is 0.250. The van der Waals surface area contributed by atoms with Gasteiger partial charge >= 0.3 is 0 Å². The number of unbranched alkanes of at least 4 members (excludes halogenated alkanes) is 3. The molecule has 16 heavy (non-hydrogen) atoms. The van der Waals surface area contributed by atoms with E-state index in [2.05, 4.69) is 6.92 Å². The van der Waals surface area contributed by atoms with Gasteiger partial charge in [-0.2, -0.15) is 0 Å². The van der Waals surface area contributed by atoms with Crippen molar-refractivity contribution in [2.45, 2.75) is 63.2 Å². The number of rotatable bonds is 9. The molecule has 0 aromatic carbocycles. The first kappa shape index (κ1) is 12.7. The predicted molar refractivity (Wildman–Crippen MR) is 69.0 cm³/mol. The summed E-state index contributed by atoms with van der Waals surface area (Å²) >= 11 is 6.75. The summed E-state index contributed by atoms with van der Waals surface area (Å²) in [6.07, 6.45) is 10.5. The number of ether oxygens (including phenoxy) is 1. The van der Waals surface area contributed by atoms with E-state index in [1.165, 1.54) is 51.4 Å². The molecule has 0 unspecified atom stereocenters. The Labute approximate surface area is 105 Å². The number of alkyl halides is 1. The lowest BCUT2D eigenvalue weighted by atomic mass is 9.98. The summed E-state index contributed by atoms with van der Waals surface area (Å²) in [5.74, 6) is 1.52. The smallest absolute Gasteiger partial charge is 0.0735 e. The first-order chi connectivity index (χ1) is 7.77. The van der Waals surface area contributed by atoms with E-state index in [0.29, 0.717) is 0 Å². The molecule has 2 aliphatic carbocycles. The van der Waals surface area contributed by atoms with Crippen molar-refractivity contribution in [3.63, 3.8) is 0 Å². The Kier molecular flexibility index (Phi) is 4.55. The van der Waals surface area contributed by atoms with Crippen LogP contribution < -0.4 is 0 Å². The highest BCUT2D eigenvalue weighted by Crippen LogP contribution is 2.55. The molecule has 2 rings (SSSR count). The fraction of sp³-hybridized carbons (Fsp3) is 1.00. The monoisotopic (exact) mass is 244 g/mol. The second-order valence-corrected chi connectivity index (χ2v) is 6.29. The molecule has 0 bridgehead atoms. The molecule has 0 spiro atoms. The summed E-state index contributed by atoms with van der Waals surface area (Å²) in [7, 11) is 0. The minimum atomic E-state index is 0.0186. The van der Waals surface area contributed by atoms with E-state index in [4.69, 9.17) is 16.3 Å². The van der Waals surface area contributed by atoms with E-state index in [1.54, 1.807) is 0 Å². The van der Waals surface area contributed by atoms with Crippen LogP contribution in [0.4, 0.5) is 0 Å². The van der Waals surface area contributed by atoms with Gasteiger partial charge in [0, 0.05) is 6.61 Å². The fourth-order valence-corrected chi connectivity index (χ4v) is 3.07. The van der Waals surface area contributed by atoms with Crippen LogP contribution in [0.3, 0.4) is 0 Å². The van der Waals surface area contributed by atoms with Gasteiger partial charge in [0.25, 0.3) is 0 Å². The summed E-state index contributed by atoms with van der Waals surface area (Å²) in [6.45, 7) is 3.95. The zero-order chi connectivity index (χ0) is 11.4. The van der Waals surface area contributed by atoms with Crippen LogP contribution in [0.1, 0.15) is 58.3 Å². The minimum absolute atomic E-state index is 0.0186. The van der Waals surface area contributed by atoms with Gasteiger partial charge in [0.1, 0.15) is 0 Å². The summed E-state index contributed by atoms with van der Waals surface area (Å²) in [4.78, 5) is 0.0186. The van der Waals surface area contributed by atoms with Gasteiger partial charge in [-0.15, -0.1) is 11.6 Å². The summed E-state index contributed by atoms with van der Waals surface area (Å²) < 4.78 is 5.82. The second kappa shape index (κ2) is 5.73. The van der Waals surface area contributed by atoms with Gasteiger partial charge < -0.3 is 4.74 Å². The van der Waals surface area contributed by atoms with Gasteiger partial charge in [-0.1, -0.05) is 26.2 Å². The SMILES string of the molecule is CCCCCCOCC(Cl)(C1CC1)C1CC1. The highest BCUT2D eigenvalue weighted by Gasteiger charge is 2.53. The third-order valence-electron chi connectivity index (χ3n) is 3.98. The van der Waals surface area contributed by atoms with Crippen molar-refractivity contribution in [2.75, 3.05) is 13.2 Å². The maximum absolute atomic E-state index is 6.75. The number of hydrogen-bond donors (Lipinski definition) is 0. The molecular weight excluding hydrogens is 220 g/mol. The molecule has 0 heterocycles. The highest BCUT2D eigenvalue weighted by molar-refractivity contribution is 6.25. The van der Waals surface area contributed by atoms with Gasteiger partial charge in [-0.05, 0) is 43.9 Å². The van der Waals surface area contributed by atoms with E-state index < -0.39 is 0 Å². The van der Waals surface area contributed by atoms with E-state index in [9.17, 15) is 0 Å². The van der Waals surface area contributed by atoms with E-state index in [0.717, 1.165) is 25.0 Å². The lowest BCUT2D eigenvalue weighted by Gasteiger charge is -2.26. The second-order valence-electron chi connectivity index (χ2n) is 5.59. The Morgan fingerprint density at radius 3 is 2.19 bits per heavy atom. The van der Waals surface area contributed by atoms with Crippen LogP contribution in [0.2, 0.25) is 0 Å². The molecule has 0 aromatic heterocycles. The van der Waals surface area contributed by atoms with Crippen LogP contribution in [-0.2, 0) is 4.74 Å². The fourth-order valence-electron chi connectivity index (χ4n) is 2.55. The summed E-state index contributed by atoms with van der Waals surface area (Å²) in [5.41, 5.74) is 0. The maximum Gasteiger partial charge on any atom is 0.0735 e. The summed E-state index contributed by atoms with van der Waals surface area (Å²) in [6, 6.07) is 0. The highest BCUT2D eigenvalue weighted by atomic mass is 35.5. The van der Waals surface area contributed by atoms with Gasteiger partial charge in [0.2, 0.25) is 0 Å². The van der Waals surface area contributed by atoms with Crippen molar-refractivity contribution < 1.29 is 4.74 Å². The third kappa shape index (κ3) is 3.37. The number of halogens is 1. The Balaban J connectivity index is 1.59. The molecule has 2 aliphatic rings. The molecule has 2 heteroatoms. The van der Waals surface area contributed by atoms with Gasteiger partial charge in [-0.25, -0.2) is 0 Å². The average Bonchev–Trinajstić information content (AvgIpc) is 3.15. The standard InChI is InChI=1S/C14H25ClO/c1-2-3-4-5-10-16-11-14(15,12-6-7-12)13-8-9-13/h12-13H,2-11H2,1H3. The third-order valence-corrected chi connectivity index (χ3v) is 4.70. The predicted octanol–water partition coefficient (Wildman–Crippen LogP) is 4.38. The molecule has 0 saturated heterocycles. The van der Waals surface area contributed by atoms with Crippen molar-refractivity contribution in [1.29, 1.82) is 0 Å². The molecule has 0 aromatic rings. The zero-order valence-electron chi connectivity index (χ0n) is 10.5.